The van der Waals surface area contributed by atoms with Gasteiger partial charge in [-0.25, -0.2) is 4.98 Å². The van der Waals surface area contributed by atoms with Crippen LogP contribution in [0.4, 0.5) is 5.69 Å². The number of nitrogens with zero attached hydrogens (tertiary/aromatic N) is 2. The van der Waals surface area contributed by atoms with E-state index in [2.05, 4.69) is 26.2 Å². The van der Waals surface area contributed by atoms with E-state index in [9.17, 15) is 10.1 Å². The molecule has 0 unspecified atom stereocenters. The van der Waals surface area contributed by atoms with E-state index >= 15 is 0 Å². The van der Waals surface area contributed by atoms with E-state index in [1.807, 2.05) is 0 Å². The molecule has 1 aliphatic rings. The van der Waals surface area contributed by atoms with Crippen molar-refractivity contribution in [2.24, 2.45) is 0 Å². The van der Waals surface area contributed by atoms with Crippen molar-refractivity contribution in [3.63, 3.8) is 0 Å². The molecule has 0 spiro atoms. The number of nitrogens with one attached hydrogen (secondary N) is 1. The van der Waals surface area contributed by atoms with Gasteiger partial charge in [-0.3, -0.25) is 10.1 Å². The Morgan fingerprint density at radius 1 is 1.45 bits per heavy atom. The fourth-order valence-electron chi connectivity index (χ4n) is 1.87. The van der Waals surface area contributed by atoms with Crippen LogP contribution >= 0.6 is 15.9 Å². The Bertz CT molecular complexity index is 652. The molecule has 2 aromatic rings. The summed E-state index contributed by atoms with van der Waals surface area (Å²) in [5, 5.41) is 14.2. The van der Waals surface area contributed by atoms with Gasteiger partial charge in [0.15, 0.2) is 5.76 Å². The molecular formula is C13H12BrN3O3. The maximum Gasteiger partial charge on any atom is 0.271 e. The van der Waals surface area contributed by atoms with Gasteiger partial charge in [0.25, 0.3) is 5.69 Å². The first-order valence-electron chi connectivity index (χ1n) is 6.25. The summed E-state index contributed by atoms with van der Waals surface area (Å²) in [5.74, 6) is 1.12. The van der Waals surface area contributed by atoms with Gasteiger partial charge in [-0.05, 0) is 18.9 Å². The highest BCUT2D eigenvalue weighted by atomic mass is 79.9. The molecule has 1 saturated carbocycles. The van der Waals surface area contributed by atoms with Crippen molar-refractivity contribution in [1.29, 1.82) is 0 Å². The molecule has 0 atom stereocenters. The second-order valence-corrected chi connectivity index (χ2v) is 5.64. The summed E-state index contributed by atoms with van der Waals surface area (Å²) in [6, 6.07) is 5.28. The number of oxazole rings is 1. The van der Waals surface area contributed by atoms with Crippen LogP contribution in [-0.4, -0.2) is 15.9 Å². The molecule has 104 valence electrons. The Labute approximate surface area is 123 Å². The summed E-state index contributed by atoms with van der Waals surface area (Å²) >= 11 is 3.26. The van der Waals surface area contributed by atoms with E-state index in [0.717, 1.165) is 0 Å². The number of rotatable bonds is 5. The van der Waals surface area contributed by atoms with Crippen LogP contribution in [0.25, 0.3) is 11.3 Å². The zero-order valence-corrected chi connectivity index (χ0v) is 12.1. The minimum absolute atomic E-state index is 0.0171. The Hall–Kier alpha value is -1.73. The normalized spacial score (nSPS) is 14.4. The Balaban J connectivity index is 1.82. The number of hydrogen-bond acceptors (Lipinski definition) is 5. The monoisotopic (exact) mass is 337 g/mol. The molecule has 1 heterocycles. The van der Waals surface area contributed by atoms with Crippen LogP contribution in [0.1, 0.15) is 18.7 Å². The highest BCUT2D eigenvalue weighted by molar-refractivity contribution is 9.10. The molecule has 0 amide bonds. The molecular weight excluding hydrogens is 326 g/mol. The predicted molar refractivity (Wildman–Crippen MR) is 76.2 cm³/mol. The van der Waals surface area contributed by atoms with E-state index in [0.29, 0.717) is 34.3 Å². The van der Waals surface area contributed by atoms with E-state index in [4.69, 9.17) is 4.42 Å². The molecule has 3 rings (SSSR count). The van der Waals surface area contributed by atoms with Gasteiger partial charge >= 0.3 is 0 Å². The van der Waals surface area contributed by atoms with Crippen LogP contribution in [0, 0.1) is 10.1 Å². The largest absolute Gasteiger partial charge is 0.439 e. The first-order chi connectivity index (χ1) is 9.61. The highest BCUT2D eigenvalue weighted by Crippen LogP contribution is 2.29. The van der Waals surface area contributed by atoms with Crippen LogP contribution in [0.5, 0.6) is 0 Å². The smallest absolute Gasteiger partial charge is 0.271 e. The Kier molecular flexibility index (Phi) is 3.54. The number of non-ortho nitro benzene ring substituents is 1. The van der Waals surface area contributed by atoms with Crippen LogP contribution in [0.3, 0.4) is 0 Å². The number of nitro groups is 1. The second-order valence-electron chi connectivity index (χ2n) is 4.73. The number of aromatic nitrogens is 1. The average Bonchev–Trinajstić information content (AvgIpc) is 3.12. The van der Waals surface area contributed by atoms with Crippen LogP contribution < -0.4 is 5.32 Å². The molecule has 7 heteroatoms. The van der Waals surface area contributed by atoms with Gasteiger partial charge in [0, 0.05) is 28.2 Å². The van der Waals surface area contributed by atoms with Crippen LogP contribution in [0.15, 0.2) is 33.3 Å². The maximum atomic E-state index is 10.9. The molecule has 6 nitrogen and oxygen atoms in total. The maximum absolute atomic E-state index is 10.9. The van der Waals surface area contributed by atoms with Gasteiger partial charge in [0.2, 0.25) is 5.89 Å². The molecule has 1 aromatic heterocycles. The third-order valence-electron chi connectivity index (χ3n) is 3.05. The molecule has 0 saturated heterocycles. The summed E-state index contributed by atoms with van der Waals surface area (Å²) < 4.78 is 6.26. The van der Waals surface area contributed by atoms with Crippen molar-refractivity contribution in [1.82, 2.24) is 10.3 Å². The highest BCUT2D eigenvalue weighted by Gasteiger charge is 2.21. The number of hydrogen-bond donors (Lipinski definition) is 1. The van der Waals surface area contributed by atoms with Gasteiger partial charge in [0.1, 0.15) is 0 Å². The minimum Gasteiger partial charge on any atom is -0.439 e. The van der Waals surface area contributed by atoms with E-state index in [1.165, 1.54) is 25.0 Å². The zero-order chi connectivity index (χ0) is 14.1. The lowest BCUT2D eigenvalue weighted by atomic mass is 10.1. The first-order valence-corrected chi connectivity index (χ1v) is 7.04. The minimum atomic E-state index is -0.430. The summed E-state index contributed by atoms with van der Waals surface area (Å²) in [6.45, 7) is 0.584. The average molecular weight is 338 g/mol. The summed E-state index contributed by atoms with van der Waals surface area (Å²) in [6.07, 6.45) is 3.99. The van der Waals surface area contributed by atoms with Crippen molar-refractivity contribution in [3.05, 3.63) is 44.9 Å². The molecule has 1 aromatic carbocycles. The third kappa shape index (κ3) is 3.05. The van der Waals surface area contributed by atoms with E-state index in [-0.39, 0.29) is 5.69 Å². The fraction of sp³-hybridized carbons (Fsp3) is 0.308. The van der Waals surface area contributed by atoms with Gasteiger partial charge in [-0.2, -0.15) is 0 Å². The quantitative estimate of drug-likeness (QED) is 0.668. The van der Waals surface area contributed by atoms with Crippen molar-refractivity contribution in [2.45, 2.75) is 25.4 Å². The topological polar surface area (TPSA) is 81.2 Å². The molecule has 0 bridgehead atoms. The SMILES string of the molecule is O=[N+]([O-])c1cc(Br)cc(-c2cnc(CNC3CC3)o2)c1. The van der Waals surface area contributed by atoms with Crippen molar-refractivity contribution in [2.75, 3.05) is 0 Å². The van der Waals surface area contributed by atoms with Gasteiger partial charge < -0.3 is 9.73 Å². The van der Waals surface area contributed by atoms with Crippen LogP contribution in [-0.2, 0) is 6.54 Å². The number of benzene rings is 1. The molecule has 1 fully saturated rings. The lowest BCUT2D eigenvalue weighted by Gasteiger charge is -1.99. The van der Waals surface area contributed by atoms with Crippen molar-refractivity contribution < 1.29 is 9.34 Å². The number of halogens is 1. The Morgan fingerprint density at radius 3 is 2.95 bits per heavy atom. The molecule has 0 radical (unpaired) electrons. The molecule has 20 heavy (non-hydrogen) atoms. The zero-order valence-electron chi connectivity index (χ0n) is 10.5. The standard InChI is InChI=1S/C13H12BrN3O3/c14-9-3-8(4-11(5-9)17(18)19)12-6-16-13(20-12)7-15-10-1-2-10/h3-6,10,15H,1-2,7H2. The fourth-order valence-corrected chi connectivity index (χ4v) is 2.35. The van der Waals surface area contributed by atoms with Gasteiger partial charge in [0.05, 0.1) is 17.7 Å². The summed E-state index contributed by atoms with van der Waals surface area (Å²) in [4.78, 5) is 14.6. The summed E-state index contributed by atoms with van der Waals surface area (Å²) in [7, 11) is 0. The molecule has 1 N–H and O–H groups in total. The Morgan fingerprint density at radius 2 is 2.25 bits per heavy atom. The van der Waals surface area contributed by atoms with Gasteiger partial charge in [-0.15, -0.1) is 0 Å². The lowest BCUT2D eigenvalue weighted by Crippen LogP contribution is -2.15. The van der Waals surface area contributed by atoms with Crippen molar-refractivity contribution in [3.8, 4) is 11.3 Å². The number of nitro benzene ring substituents is 1. The lowest BCUT2D eigenvalue weighted by molar-refractivity contribution is -0.384. The van der Waals surface area contributed by atoms with E-state index < -0.39 is 4.92 Å². The molecule has 1 aliphatic carbocycles. The summed E-state index contributed by atoms with van der Waals surface area (Å²) in [5.41, 5.74) is 0.652. The third-order valence-corrected chi connectivity index (χ3v) is 3.51. The van der Waals surface area contributed by atoms with Crippen molar-refractivity contribution >= 4 is 21.6 Å². The first kappa shape index (κ1) is 13.3. The van der Waals surface area contributed by atoms with E-state index in [1.54, 1.807) is 12.3 Å². The molecule has 0 aliphatic heterocycles. The predicted octanol–water partition coefficient (Wildman–Crippen LogP) is 3.26. The van der Waals surface area contributed by atoms with Gasteiger partial charge in [-0.1, -0.05) is 15.9 Å². The second kappa shape index (κ2) is 5.34. The van der Waals surface area contributed by atoms with Crippen LogP contribution in [0.2, 0.25) is 0 Å².